The van der Waals surface area contributed by atoms with E-state index in [0.717, 1.165) is 6.07 Å². The first-order valence-electron chi connectivity index (χ1n) is 9.08. The van der Waals surface area contributed by atoms with Gasteiger partial charge in [-0.1, -0.05) is 24.3 Å². The fourth-order valence-corrected chi connectivity index (χ4v) is 6.05. The quantitative estimate of drug-likeness (QED) is 0.772. The first-order valence-corrected chi connectivity index (χ1v) is 10.9. The Morgan fingerprint density at radius 1 is 1.03 bits per heavy atom. The summed E-state index contributed by atoms with van der Waals surface area (Å²) < 4.78 is 64.5. The Morgan fingerprint density at radius 3 is 2.24 bits per heavy atom. The number of hydrogen-bond donors (Lipinski definition) is 2. The van der Waals surface area contributed by atoms with Gasteiger partial charge in [-0.05, 0) is 48.1 Å². The molecular formula is C20H18F3NO4S. The molecule has 1 saturated heterocycles. The number of para-hydroxylation sites is 1. The molecule has 9 heteroatoms. The van der Waals surface area contributed by atoms with Gasteiger partial charge in [-0.2, -0.15) is 13.2 Å². The highest BCUT2D eigenvalue weighted by atomic mass is 32.2. The Balaban J connectivity index is 1.96. The Hall–Kier alpha value is -2.55. The molecule has 1 unspecified atom stereocenters. The Bertz CT molecular complexity index is 1070. The van der Waals surface area contributed by atoms with Crippen molar-refractivity contribution < 1.29 is 31.5 Å². The van der Waals surface area contributed by atoms with Crippen molar-refractivity contribution in [3.8, 4) is 5.75 Å². The van der Waals surface area contributed by atoms with Crippen LogP contribution in [0.3, 0.4) is 0 Å². The summed E-state index contributed by atoms with van der Waals surface area (Å²) in [6, 6.07) is 9.41. The predicted octanol–water partition coefficient (Wildman–Crippen LogP) is 3.47. The van der Waals surface area contributed by atoms with Gasteiger partial charge in [-0.25, -0.2) is 8.42 Å². The summed E-state index contributed by atoms with van der Waals surface area (Å²) in [5.74, 6) is -1.41. The van der Waals surface area contributed by atoms with Crippen LogP contribution in [0.2, 0.25) is 0 Å². The Morgan fingerprint density at radius 2 is 1.66 bits per heavy atom. The van der Waals surface area contributed by atoms with Crippen LogP contribution in [0, 0.1) is 5.92 Å². The SMILES string of the molecule is O=C1Nc2c(C(F)(F)F)cccc2C1(c1ccc(O)cc1)C1CCS(=O)(=O)CC1. The number of anilines is 1. The molecule has 2 aliphatic rings. The summed E-state index contributed by atoms with van der Waals surface area (Å²) in [6.07, 6.45) is -4.34. The molecule has 1 fully saturated rings. The monoisotopic (exact) mass is 425 g/mol. The minimum atomic E-state index is -4.65. The van der Waals surface area contributed by atoms with Gasteiger partial charge in [0.05, 0.1) is 22.8 Å². The molecule has 5 nitrogen and oxygen atoms in total. The van der Waals surface area contributed by atoms with Crippen molar-refractivity contribution in [1.82, 2.24) is 0 Å². The van der Waals surface area contributed by atoms with Gasteiger partial charge in [-0.15, -0.1) is 0 Å². The van der Waals surface area contributed by atoms with Crippen molar-refractivity contribution >= 4 is 21.4 Å². The largest absolute Gasteiger partial charge is 0.508 e. The summed E-state index contributed by atoms with van der Waals surface area (Å²) in [5, 5.41) is 12.1. The predicted molar refractivity (Wildman–Crippen MR) is 100 cm³/mol. The lowest BCUT2D eigenvalue weighted by molar-refractivity contribution is -0.136. The third-order valence-corrected chi connectivity index (χ3v) is 7.60. The minimum Gasteiger partial charge on any atom is -0.508 e. The lowest BCUT2D eigenvalue weighted by Crippen LogP contribution is -2.46. The fraction of sp³-hybridized carbons (Fsp3) is 0.350. The van der Waals surface area contributed by atoms with Gasteiger partial charge >= 0.3 is 6.18 Å². The average Bonchev–Trinajstić information content (AvgIpc) is 2.94. The van der Waals surface area contributed by atoms with Gasteiger partial charge in [0.1, 0.15) is 21.0 Å². The van der Waals surface area contributed by atoms with Gasteiger partial charge in [0, 0.05) is 0 Å². The molecule has 154 valence electrons. The number of sulfone groups is 1. The number of rotatable bonds is 2. The number of nitrogens with one attached hydrogen (secondary N) is 1. The number of aromatic hydroxyl groups is 1. The van der Waals surface area contributed by atoms with Crippen molar-refractivity contribution in [3.05, 3.63) is 59.2 Å². The summed E-state index contributed by atoms with van der Waals surface area (Å²) in [7, 11) is -3.24. The van der Waals surface area contributed by atoms with E-state index in [9.17, 15) is 31.5 Å². The van der Waals surface area contributed by atoms with Crippen LogP contribution in [0.4, 0.5) is 18.9 Å². The maximum atomic E-state index is 13.6. The summed E-state index contributed by atoms with van der Waals surface area (Å²) in [6.45, 7) is 0. The van der Waals surface area contributed by atoms with E-state index in [2.05, 4.69) is 5.32 Å². The van der Waals surface area contributed by atoms with Gasteiger partial charge in [-0.3, -0.25) is 4.79 Å². The third kappa shape index (κ3) is 3.08. The summed E-state index contributed by atoms with van der Waals surface area (Å²) in [4.78, 5) is 13.3. The van der Waals surface area contributed by atoms with Crippen LogP contribution < -0.4 is 5.32 Å². The van der Waals surface area contributed by atoms with E-state index in [0.29, 0.717) is 5.56 Å². The maximum Gasteiger partial charge on any atom is 0.418 e. The lowest BCUT2D eigenvalue weighted by Gasteiger charge is -2.38. The zero-order valence-electron chi connectivity index (χ0n) is 15.2. The highest BCUT2D eigenvalue weighted by Gasteiger charge is 2.56. The molecule has 4 rings (SSSR count). The maximum absolute atomic E-state index is 13.6. The Labute approximate surface area is 165 Å². The third-order valence-electron chi connectivity index (χ3n) is 5.88. The number of phenolic OH excluding ortho intramolecular Hbond substituents is 1. The van der Waals surface area contributed by atoms with Crippen LogP contribution in [0.25, 0.3) is 0 Å². The number of alkyl halides is 3. The molecule has 0 radical (unpaired) electrons. The zero-order chi connectivity index (χ0) is 21.0. The van der Waals surface area contributed by atoms with E-state index in [1.807, 2.05) is 0 Å². The van der Waals surface area contributed by atoms with Crippen LogP contribution in [0.15, 0.2) is 42.5 Å². The van der Waals surface area contributed by atoms with E-state index in [1.165, 1.54) is 36.4 Å². The molecule has 0 aromatic heterocycles. The topological polar surface area (TPSA) is 83.5 Å². The number of benzene rings is 2. The van der Waals surface area contributed by atoms with E-state index < -0.39 is 38.8 Å². The molecule has 29 heavy (non-hydrogen) atoms. The van der Waals surface area contributed by atoms with Gasteiger partial charge in [0.25, 0.3) is 0 Å². The standard InChI is InChI=1S/C20H18F3NO4S/c21-20(22,23)16-3-1-2-15-17(16)24-18(26)19(15,12-4-6-14(25)7-5-12)13-8-10-29(27,28)11-9-13/h1-7,13,25H,8-11H2,(H,24,26). The molecule has 1 atom stereocenters. The van der Waals surface area contributed by atoms with Gasteiger partial charge in [0.15, 0.2) is 0 Å². The molecular weight excluding hydrogens is 407 g/mol. The fourth-order valence-electron chi connectivity index (χ4n) is 4.56. The zero-order valence-corrected chi connectivity index (χ0v) is 16.0. The first-order chi connectivity index (χ1) is 13.6. The second-order valence-corrected chi connectivity index (χ2v) is 9.76. The van der Waals surface area contributed by atoms with Crippen molar-refractivity contribution in [2.75, 3.05) is 16.8 Å². The van der Waals surface area contributed by atoms with Crippen LogP contribution in [0.1, 0.15) is 29.5 Å². The van der Waals surface area contributed by atoms with Crippen LogP contribution >= 0.6 is 0 Å². The van der Waals surface area contributed by atoms with Crippen molar-refractivity contribution in [2.24, 2.45) is 5.92 Å². The van der Waals surface area contributed by atoms with E-state index in [-0.39, 0.29) is 41.3 Å². The highest BCUT2D eigenvalue weighted by Crippen LogP contribution is 2.54. The van der Waals surface area contributed by atoms with Crippen molar-refractivity contribution in [3.63, 3.8) is 0 Å². The number of hydrogen-bond acceptors (Lipinski definition) is 4. The molecule has 1 amide bonds. The highest BCUT2D eigenvalue weighted by molar-refractivity contribution is 7.91. The molecule has 2 N–H and O–H groups in total. The van der Waals surface area contributed by atoms with E-state index in [4.69, 9.17) is 0 Å². The smallest absolute Gasteiger partial charge is 0.418 e. The number of carbonyl (C=O) groups excluding carboxylic acids is 1. The second kappa shape index (κ2) is 6.48. The molecule has 2 heterocycles. The van der Waals surface area contributed by atoms with Gasteiger partial charge in [0.2, 0.25) is 5.91 Å². The number of halogens is 3. The van der Waals surface area contributed by atoms with Crippen molar-refractivity contribution in [1.29, 1.82) is 0 Å². The number of phenols is 1. The number of fused-ring (bicyclic) bond motifs is 1. The number of amides is 1. The summed E-state index contributed by atoms with van der Waals surface area (Å²) in [5.41, 5.74) is -2.07. The molecule has 2 aromatic rings. The second-order valence-electron chi connectivity index (χ2n) is 7.46. The minimum absolute atomic E-state index is 0.0437. The normalized spacial score (nSPS) is 24.2. The van der Waals surface area contributed by atoms with Gasteiger partial charge < -0.3 is 10.4 Å². The Kier molecular flexibility index (Phi) is 4.41. The molecule has 0 saturated carbocycles. The molecule has 2 aromatic carbocycles. The van der Waals surface area contributed by atoms with E-state index >= 15 is 0 Å². The summed E-state index contributed by atoms with van der Waals surface area (Å²) >= 11 is 0. The first kappa shape index (κ1) is 19.8. The molecule has 2 aliphatic heterocycles. The van der Waals surface area contributed by atoms with Crippen LogP contribution in [-0.4, -0.2) is 30.9 Å². The molecule has 0 aliphatic carbocycles. The lowest BCUT2D eigenvalue weighted by atomic mass is 9.64. The van der Waals surface area contributed by atoms with Crippen molar-refractivity contribution in [2.45, 2.75) is 24.4 Å². The molecule has 0 bridgehead atoms. The van der Waals surface area contributed by atoms with Crippen LogP contribution in [0.5, 0.6) is 5.75 Å². The number of carbonyl (C=O) groups is 1. The average molecular weight is 425 g/mol. The van der Waals surface area contributed by atoms with Crippen LogP contribution in [-0.2, 0) is 26.2 Å². The molecule has 0 spiro atoms. The van der Waals surface area contributed by atoms with E-state index in [1.54, 1.807) is 0 Å².